The number of fused-ring (bicyclic) bond motifs is 1. The Labute approximate surface area is 208 Å². The number of nitrogens with zero attached hydrogens (tertiary/aromatic N) is 4. The number of aryl methyl sites for hydroxylation is 1. The van der Waals surface area contributed by atoms with Gasteiger partial charge in [0.25, 0.3) is 0 Å². The van der Waals surface area contributed by atoms with Gasteiger partial charge in [0.2, 0.25) is 0 Å². The van der Waals surface area contributed by atoms with E-state index in [1.54, 1.807) is 27.2 Å². The molecule has 1 saturated heterocycles. The number of nitrogens with one attached hydrogen (secondary N) is 1. The summed E-state index contributed by atoms with van der Waals surface area (Å²) in [5.41, 5.74) is -1.04. The number of ether oxygens (including phenoxy) is 1. The molecule has 0 unspecified atom stereocenters. The summed E-state index contributed by atoms with van der Waals surface area (Å²) in [5.74, 6) is -4.48. The molecule has 1 aromatic carbocycles. The third-order valence-corrected chi connectivity index (χ3v) is 6.87. The lowest BCUT2D eigenvalue weighted by atomic mass is 9.91. The van der Waals surface area contributed by atoms with Gasteiger partial charge in [-0.2, -0.15) is 13.9 Å². The number of hydrogen-bond acceptors (Lipinski definition) is 7. The molecular weight excluding hydrogens is 471 g/mol. The van der Waals surface area contributed by atoms with Gasteiger partial charge in [-0.3, -0.25) is 4.98 Å². The maximum Gasteiger partial charge on any atom is 0.303 e. The van der Waals surface area contributed by atoms with Gasteiger partial charge in [0.05, 0.1) is 40.8 Å². The van der Waals surface area contributed by atoms with E-state index in [9.17, 15) is 13.9 Å². The highest BCUT2D eigenvalue weighted by Crippen LogP contribution is 2.41. The zero-order valence-corrected chi connectivity index (χ0v) is 21.1. The highest BCUT2D eigenvalue weighted by molar-refractivity contribution is 5.92. The summed E-state index contributed by atoms with van der Waals surface area (Å²) in [4.78, 5) is 6.84. The number of rotatable bonds is 7. The SMILES string of the molecule is COC1CCN(c2cnc3c(C)nnc(N[C@H](C)c4cccc(C(F)(F)C(C)(C)O)c4F)c3c2)CC1. The van der Waals surface area contributed by atoms with Crippen LogP contribution in [0.25, 0.3) is 10.9 Å². The molecule has 4 rings (SSSR count). The van der Waals surface area contributed by atoms with Crippen molar-refractivity contribution in [1.29, 1.82) is 0 Å². The fraction of sp³-hybridized carbons (Fsp3) is 0.500. The lowest BCUT2D eigenvalue weighted by Gasteiger charge is -2.32. The number of pyridine rings is 1. The Hall–Kier alpha value is -2.98. The second kappa shape index (κ2) is 9.82. The van der Waals surface area contributed by atoms with Crippen molar-refractivity contribution in [2.75, 3.05) is 30.4 Å². The van der Waals surface area contributed by atoms with Crippen molar-refractivity contribution in [2.45, 2.75) is 64.2 Å². The Morgan fingerprint density at radius 1 is 1.19 bits per heavy atom. The summed E-state index contributed by atoms with van der Waals surface area (Å²) in [7, 11) is 1.73. The van der Waals surface area contributed by atoms with Gasteiger partial charge >= 0.3 is 5.92 Å². The third kappa shape index (κ3) is 4.84. The van der Waals surface area contributed by atoms with Gasteiger partial charge < -0.3 is 20.1 Å². The molecule has 0 spiro atoms. The molecule has 1 fully saturated rings. The minimum absolute atomic E-state index is 0.0256. The Morgan fingerprint density at radius 3 is 2.53 bits per heavy atom. The molecule has 10 heteroatoms. The molecule has 1 aliphatic heterocycles. The summed E-state index contributed by atoms with van der Waals surface area (Å²) in [6, 6.07) is 5.04. The molecule has 0 radical (unpaired) electrons. The van der Waals surface area contributed by atoms with Crippen LogP contribution in [0.15, 0.2) is 30.5 Å². The Morgan fingerprint density at radius 2 is 1.89 bits per heavy atom. The van der Waals surface area contributed by atoms with Gasteiger partial charge in [-0.25, -0.2) is 4.39 Å². The van der Waals surface area contributed by atoms with Crippen molar-refractivity contribution < 1.29 is 23.0 Å². The number of hydrogen-bond donors (Lipinski definition) is 2. The van der Waals surface area contributed by atoms with Crippen LogP contribution in [0.1, 0.15) is 56.5 Å². The molecule has 0 bridgehead atoms. The van der Waals surface area contributed by atoms with E-state index >= 15 is 4.39 Å². The quantitative estimate of drug-likeness (QED) is 0.463. The highest BCUT2D eigenvalue weighted by Gasteiger charge is 2.49. The lowest BCUT2D eigenvalue weighted by molar-refractivity contribution is -0.170. The van der Waals surface area contributed by atoms with Gasteiger partial charge in [0.1, 0.15) is 11.4 Å². The summed E-state index contributed by atoms with van der Waals surface area (Å²) >= 11 is 0. The number of benzene rings is 1. The number of halogens is 3. The van der Waals surface area contributed by atoms with Crippen molar-refractivity contribution in [3.63, 3.8) is 0 Å². The van der Waals surface area contributed by atoms with Gasteiger partial charge in [-0.05, 0) is 52.7 Å². The maximum atomic E-state index is 15.3. The van der Waals surface area contributed by atoms with E-state index in [0.717, 1.165) is 51.5 Å². The standard InChI is InChI=1S/C26H32F3N5O2/c1-15(19-7-6-8-21(22(19)27)26(28,29)25(3,4)35)31-24-20-13-17(14-30-23(20)16(2)32-33-24)34-11-9-18(36-5)10-12-34/h6-8,13-15,18,35H,9-12H2,1-5H3,(H,31,33)/t15-/m1/s1. The van der Waals surface area contributed by atoms with Crippen molar-refractivity contribution in [1.82, 2.24) is 15.2 Å². The summed E-state index contributed by atoms with van der Waals surface area (Å²) < 4.78 is 50.3. The van der Waals surface area contributed by atoms with Crippen molar-refractivity contribution in [3.8, 4) is 0 Å². The van der Waals surface area contributed by atoms with E-state index in [4.69, 9.17) is 4.74 Å². The molecule has 3 aromatic rings. The van der Waals surface area contributed by atoms with Crippen molar-refractivity contribution >= 4 is 22.4 Å². The van der Waals surface area contributed by atoms with Crippen LogP contribution in [0.4, 0.5) is 24.7 Å². The Kier molecular flexibility index (Phi) is 7.12. The van der Waals surface area contributed by atoms with Crippen LogP contribution in [0.2, 0.25) is 0 Å². The highest BCUT2D eigenvalue weighted by atomic mass is 19.3. The molecule has 2 aromatic heterocycles. The van der Waals surface area contributed by atoms with Gasteiger partial charge in [-0.1, -0.05) is 12.1 Å². The van der Waals surface area contributed by atoms with Crippen LogP contribution in [-0.2, 0) is 10.7 Å². The first-order valence-corrected chi connectivity index (χ1v) is 12.0. The third-order valence-electron chi connectivity index (χ3n) is 6.87. The van der Waals surface area contributed by atoms with Crippen molar-refractivity contribution in [2.24, 2.45) is 0 Å². The van der Waals surface area contributed by atoms with E-state index in [1.807, 2.05) is 6.07 Å². The average Bonchev–Trinajstić information content (AvgIpc) is 2.85. The van der Waals surface area contributed by atoms with E-state index in [-0.39, 0.29) is 11.7 Å². The van der Waals surface area contributed by atoms with E-state index in [1.165, 1.54) is 12.1 Å². The fourth-order valence-corrected chi connectivity index (χ4v) is 4.52. The minimum Gasteiger partial charge on any atom is -0.384 e. The molecule has 7 nitrogen and oxygen atoms in total. The van der Waals surface area contributed by atoms with Crippen molar-refractivity contribution in [3.05, 3.63) is 53.1 Å². The van der Waals surface area contributed by atoms with Gasteiger partial charge in [0, 0.05) is 31.1 Å². The Bertz CT molecular complexity index is 1240. The molecule has 3 heterocycles. The van der Waals surface area contributed by atoms with Crippen LogP contribution in [-0.4, -0.2) is 52.2 Å². The normalized spacial score (nSPS) is 16.4. The first-order valence-electron chi connectivity index (χ1n) is 12.0. The zero-order chi connectivity index (χ0) is 26.3. The molecule has 0 saturated carbocycles. The van der Waals surface area contributed by atoms with E-state index in [0.29, 0.717) is 22.4 Å². The number of aromatic nitrogens is 3. The molecular formula is C26H32F3N5O2. The number of aliphatic hydroxyl groups is 1. The minimum atomic E-state index is -3.78. The van der Waals surface area contributed by atoms with Gasteiger partial charge in [-0.15, -0.1) is 5.10 Å². The maximum absolute atomic E-state index is 15.3. The molecule has 36 heavy (non-hydrogen) atoms. The fourth-order valence-electron chi connectivity index (χ4n) is 4.52. The second-order valence-electron chi connectivity index (χ2n) is 9.85. The van der Waals surface area contributed by atoms with Crippen LogP contribution < -0.4 is 10.2 Å². The number of anilines is 2. The Balaban J connectivity index is 1.67. The average molecular weight is 504 g/mol. The summed E-state index contributed by atoms with van der Waals surface area (Å²) in [5, 5.41) is 22.2. The number of methoxy groups -OCH3 is 1. The molecule has 2 N–H and O–H groups in total. The lowest BCUT2D eigenvalue weighted by Crippen LogP contribution is -2.41. The molecule has 194 valence electrons. The first kappa shape index (κ1) is 26.1. The van der Waals surface area contributed by atoms with Crippen LogP contribution in [0.5, 0.6) is 0 Å². The second-order valence-corrected chi connectivity index (χ2v) is 9.85. The predicted molar refractivity (Wildman–Crippen MR) is 133 cm³/mol. The molecule has 0 aliphatic carbocycles. The number of piperidine rings is 1. The molecule has 0 amide bonds. The van der Waals surface area contributed by atoms with Gasteiger partial charge in [0.15, 0.2) is 5.82 Å². The topological polar surface area (TPSA) is 83.4 Å². The summed E-state index contributed by atoms with van der Waals surface area (Å²) in [6.07, 6.45) is 3.87. The molecule has 1 aliphatic rings. The van der Waals surface area contributed by atoms with E-state index < -0.39 is 28.9 Å². The van der Waals surface area contributed by atoms with E-state index in [2.05, 4.69) is 25.4 Å². The van der Waals surface area contributed by atoms with Crippen LogP contribution in [0.3, 0.4) is 0 Å². The zero-order valence-electron chi connectivity index (χ0n) is 21.1. The van der Waals surface area contributed by atoms with Crippen LogP contribution >= 0.6 is 0 Å². The summed E-state index contributed by atoms with van der Waals surface area (Å²) in [6.45, 7) is 7.03. The number of alkyl halides is 2. The smallest absolute Gasteiger partial charge is 0.303 e. The first-order chi connectivity index (χ1) is 16.9. The van der Waals surface area contributed by atoms with Crippen LogP contribution in [0, 0.1) is 12.7 Å². The largest absolute Gasteiger partial charge is 0.384 e. The molecule has 1 atom stereocenters. The predicted octanol–water partition coefficient (Wildman–Crippen LogP) is 5.12. The monoisotopic (exact) mass is 503 g/mol.